The summed E-state index contributed by atoms with van der Waals surface area (Å²) in [6, 6.07) is 5.49. The second-order valence-corrected chi connectivity index (χ2v) is 6.37. The van der Waals surface area contributed by atoms with Gasteiger partial charge in [-0.1, -0.05) is 37.5 Å². The van der Waals surface area contributed by atoms with E-state index in [1.54, 1.807) is 18.2 Å². The summed E-state index contributed by atoms with van der Waals surface area (Å²) in [5.41, 5.74) is 11.3. The Balaban J connectivity index is 2.18. The van der Waals surface area contributed by atoms with Crippen LogP contribution >= 0.6 is 0 Å². The van der Waals surface area contributed by atoms with E-state index in [4.69, 9.17) is 5.73 Å². The third-order valence-corrected chi connectivity index (χ3v) is 4.57. The number of fused-ring (bicyclic) bond motifs is 1. The van der Waals surface area contributed by atoms with Crippen LogP contribution in [-0.2, 0) is 0 Å². The number of aromatic amines is 2. The van der Waals surface area contributed by atoms with Gasteiger partial charge in [0.25, 0.3) is 0 Å². The molecular weight excluding hydrogens is 351 g/mol. The number of hydrogen-bond acceptors (Lipinski definition) is 2. The summed E-state index contributed by atoms with van der Waals surface area (Å²) in [4.78, 5) is 3.28. The van der Waals surface area contributed by atoms with E-state index in [0.29, 0.717) is 33.4 Å². The first-order valence-electron chi connectivity index (χ1n) is 8.92. The molecule has 3 rings (SSSR count). The Hall–Kier alpha value is -3.60. The van der Waals surface area contributed by atoms with E-state index in [0.717, 1.165) is 17.0 Å². The Kier molecular flexibility index (Phi) is 5.45. The van der Waals surface area contributed by atoms with Gasteiger partial charge in [0.2, 0.25) is 0 Å². The van der Waals surface area contributed by atoms with Crippen LogP contribution < -0.4 is 5.73 Å². The van der Waals surface area contributed by atoms with E-state index in [1.165, 1.54) is 6.08 Å². The van der Waals surface area contributed by atoms with E-state index in [1.807, 2.05) is 44.2 Å². The minimum absolute atomic E-state index is 0.349. The van der Waals surface area contributed by atoms with Crippen LogP contribution in [0.1, 0.15) is 23.7 Å². The number of rotatable bonds is 6. The van der Waals surface area contributed by atoms with Gasteiger partial charge in [-0.15, -0.1) is 0 Å². The van der Waals surface area contributed by atoms with E-state index in [-0.39, 0.29) is 5.82 Å². The fourth-order valence-electron chi connectivity index (χ4n) is 3.09. The molecule has 0 bridgehead atoms. The molecule has 1 aromatic carbocycles. The highest BCUT2D eigenvalue weighted by Crippen LogP contribution is 2.33. The van der Waals surface area contributed by atoms with Crippen LogP contribution in [0.2, 0.25) is 0 Å². The molecule has 0 aliphatic carbocycles. The van der Waals surface area contributed by atoms with Gasteiger partial charge in [-0.2, -0.15) is 5.10 Å². The Bertz CT molecular complexity index is 1140. The third-order valence-electron chi connectivity index (χ3n) is 4.57. The van der Waals surface area contributed by atoms with Crippen LogP contribution in [0.25, 0.3) is 33.9 Å². The second kappa shape index (κ2) is 7.96. The normalized spacial score (nSPS) is 12.8. The van der Waals surface area contributed by atoms with Crippen molar-refractivity contribution in [3.05, 3.63) is 90.1 Å². The van der Waals surface area contributed by atoms with Gasteiger partial charge in [-0.05, 0) is 55.3 Å². The summed E-state index contributed by atoms with van der Waals surface area (Å²) in [5.74, 6) is -0.349. The highest BCUT2D eigenvalue weighted by molar-refractivity contribution is 5.96. The van der Waals surface area contributed by atoms with Crippen LogP contribution in [0.4, 0.5) is 4.39 Å². The van der Waals surface area contributed by atoms with Crippen molar-refractivity contribution >= 4 is 22.6 Å². The van der Waals surface area contributed by atoms with Crippen molar-refractivity contribution in [1.82, 2.24) is 15.2 Å². The first-order valence-corrected chi connectivity index (χ1v) is 8.92. The predicted octanol–water partition coefficient (Wildman–Crippen LogP) is 5.64. The molecule has 0 amide bonds. The lowest BCUT2D eigenvalue weighted by atomic mass is 10.00. The smallest absolute Gasteiger partial charge is 0.142 e. The minimum atomic E-state index is -0.349. The highest BCUT2D eigenvalue weighted by atomic mass is 19.1. The van der Waals surface area contributed by atoms with Crippen molar-refractivity contribution in [1.29, 1.82) is 0 Å². The molecule has 4 nitrogen and oxygen atoms in total. The number of benzene rings is 1. The molecule has 0 aliphatic rings. The summed E-state index contributed by atoms with van der Waals surface area (Å²) in [7, 11) is 0. The van der Waals surface area contributed by atoms with Gasteiger partial charge in [0.1, 0.15) is 11.5 Å². The van der Waals surface area contributed by atoms with Crippen LogP contribution in [0, 0.1) is 12.7 Å². The number of nitrogens with zero attached hydrogens (tertiary/aromatic N) is 1. The van der Waals surface area contributed by atoms with Crippen molar-refractivity contribution < 1.29 is 4.39 Å². The molecular formula is C23H23FN4. The standard InChI is InChI=1S/C23H23FN4/c1-5-8-9-16-13-20(26-14(16)4)23-21-19(27-28-23)11-10-18(22(21)24)15(6-2)12-17(25)7-3/h5-13,26H,1,3,25H2,2,4H3,(H,27,28)/b9-8-,15-6+,17-12+. The molecule has 5 heteroatoms. The number of aryl methyl sites for hydroxylation is 1. The van der Waals surface area contributed by atoms with Gasteiger partial charge < -0.3 is 10.7 Å². The Morgan fingerprint density at radius 3 is 2.75 bits per heavy atom. The second-order valence-electron chi connectivity index (χ2n) is 6.37. The summed E-state index contributed by atoms with van der Waals surface area (Å²) in [5, 5.41) is 7.70. The number of nitrogens with two attached hydrogens (primary N) is 1. The number of hydrogen-bond donors (Lipinski definition) is 3. The third kappa shape index (κ3) is 3.47. The largest absolute Gasteiger partial charge is 0.399 e. The fraction of sp³-hybridized carbons (Fsp3) is 0.0870. The number of allylic oxidation sites excluding steroid dienone is 6. The number of halogens is 1. The Labute approximate surface area is 163 Å². The lowest BCUT2D eigenvalue weighted by molar-refractivity contribution is 0.636. The van der Waals surface area contributed by atoms with Gasteiger partial charge in [-0.25, -0.2) is 4.39 Å². The average Bonchev–Trinajstić information content (AvgIpc) is 3.28. The summed E-state index contributed by atoms with van der Waals surface area (Å²) in [6.07, 6.45) is 10.6. The molecule has 0 aliphatic heterocycles. The quantitative estimate of drug-likeness (QED) is 0.489. The molecule has 0 fully saturated rings. The topological polar surface area (TPSA) is 70.5 Å². The van der Waals surface area contributed by atoms with Crippen LogP contribution in [0.3, 0.4) is 0 Å². The molecule has 3 aromatic rings. The molecule has 2 aromatic heterocycles. The zero-order valence-corrected chi connectivity index (χ0v) is 16.0. The van der Waals surface area contributed by atoms with Gasteiger partial charge in [0, 0.05) is 17.0 Å². The molecule has 142 valence electrons. The summed E-state index contributed by atoms with van der Waals surface area (Å²) in [6.45, 7) is 11.1. The molecule has 0 saturated carbocycles. The van der Waals surface area contributed by atoms with Gasteiger partial charge >= 0.3 is 0 Å². The van der Waals surface area contributed by atoms with Gasteiger partial charge in [0.15, 0.2) is 0 Å². The average molecular weight is 374 g/mol. The van der Waals surface area contributed by atoms with Gasteiger partial charge in [0.05, 0.1) is 16.6 Å². The highest BCUT2D eigenvalue weighted by Gasteiger charge is 2.18. The number of nitrogens with one attached hydrogen (secondary N) is 2. The van der Waals surface area contributed by atoms with E-state index in [9.17, 15) is 0 Å². The number of aromatic nitrogens is 3. The zero-order valence-electron chi connectivity index (χ0n) is 16.0. The maximum Gasteiger partial charge on any atom is 0.142 e. The molecule has 2 heterocycles. The van der Waals surface area contributed by atoms with Crippen molar-refractivity contribution in [2.45, 2.75) is 13.8 Å². The molecule has 0 saturated heterocycles. The molecule has 0 unspecified atom stereocenters. The van der Waals surface area contributed by atoms with Crippen LogP contribution in [0.15, 0.2) is 67.4 Å². The number of H-pyrrole nitrogens is 2. The van der Waals surface area contributed by atoms with Gasteiger partial charge in [-0.3, -0.25) is 5.10 Å². The molecule has 0 radical (unpaired) electrons. The monoisotopic (exact) mass is 374 g/mol. The first-order chi connectivity index (χ1) is 13.5. The van der Waals surface area contributed by atoms with E-state index >= 15 is 4.39 Å². The summed E-state index contributed by atoms with van der Waals surface area (Å²) >= 11 is 0. The zero-order chi connectivity index (χ0) is 20.3. The summed E-state index contributed by atoms with van der Waals surface area (Å²) < 4.78 is 15.5. The van der Waals surface area contributed by atoms with Crippen LogP contribution in [-0.4, -0.2) is 15.2 Å². The fourth-order valence-corrected chi connectivity index (χ4v) is 3.09. The SMILES string of the molecule is C=C/C=C\c1cc(-c2n[nH]c3ccc(C(/C=C(/N)C=C)=C/C)c(F)c23)[nH]c1C. The molecule has 28 heavy (non-hydrogen) atoms. The molecule has 0 spiro atoms. The Morgan fingerprint density at radius 2 is 2.07 bits per heavy atom. The lowest BCUT2D eigenvalue weighted by Gasteiger charge is -2.07. The maximum absolute atomic E-state index is 15.5. The molecule has 0 atom stereocenters. The van der Waals surface area contributed by atoms with Crippen molar-refractivity contribution in [2.75, 3.05) is 0 Å². The maximum atomic E-state index is 15.5. The van der Waals surface area contributed by atoms with Crippen molar-refractivity contribution in [3.63, 3.8) is 0 Å². The predicted molar refractivity (Wildman–Crippen MR) is 116 cm³/mol. The first kappa shape index (κ1) is 19.2. The molecule has 4 N–H and O–H groups in total. The Morgan fingerprint density at radius 1 is 1.29 bits per heavy atom. The van der Waals surface area contributed by atoms with Crippen molar-refractivity contribution in [2.24, 2.45) is 5.73 Å². The minimum Gasteiger partial charge on any atom is -0.399 e. The van der Waals surface area contributed by atoms with E-state index < -0.39 is 0 Å². The lowest BCUT2D eigenvalue weighted by Crippen LogP contribution is -1.95. The van der Waals surface area contributed by atoms with Crippen molar-refractivity contribution in [3.8, 4) is 11.4 Å². The van der Waals surface area contributed by atoms with Crippen LogP contribution in [0.5, 0.6) is 0 Å². The van der Waals surface area contributed by atoms with E-state index in [2.05, 4.69) is 28.3 Å².